The first kappa shape index (κ1) is 15.4. The van der Waals surface area contributed by atoms with Crippen LogP contribution >= 0.6 is 0 Å². The van der Waals surface area contributed by atoms with E-state index in [0.29, 0.717) is 13.1 Å². The van der Waals surface area contributed by atoms with Gasteiger partial charge in [0, 0.05) is 31.9 Å². The fourth-order valence-electron chi connectivity index (χ4n) is 2.19. The molecule has 1 fully saturated rings. The highest BCUT2D eigenvalue weighted by atomic mass is 32.2. The summed E-state index contributed by atoms with van der Waals surface area (Å²) < 4.78 is 28.9. The van der Waals surface area contributed by atoms with E-state index < -0.39 is 10.2 Å². The van der Waals surface area contributed by atoms with E-state index in [2.05, 4.69) is 14.6 Å². The number of nitrogens with one attached hydrogen (secondary N) is 1. The van der Waals surface area contributed by atoms with Crippen molar-refractivity contribution >= 4 is 10.2 Å². The topological polar surface area (TPSA) is 65.5 Å². The Morgan fingerprint density at radius 1 is 1.25 bits per heavy atom. The van der Waals surface area contributed by atoms with Crippen molar-refractivity contribution in [2.24, 2.45) is 0 Å². The lowest BCUT2D eigenvalue weighted by Crippen LogP contribution is -2.51. The van der Waals surface area contributed by atoms with Gasteiger partial charge in [-0.3, -0.25) is 4.98 Å². The molecule has 0 aromatic carbocycles. The second-order valence-corrected chi connectivity index (χ2v) is 6.95. The molecule has 0 spiro atoms. The van der Waals surface area contributed by atoms with Crippen LogP contribution in [0.4, 0.5) is 0 Å². The van der Waals surface area contributed by atoms with Crippen molar-refractivity contribution in [2.45, 2.75) is 19.9 Å². The van der Waals surface area contributed by atoms with Gasteiger partial charge in [-0.15, -0.1) is 0 Å². The molecule has 0 aliphatic carbocycles. The zero-order chi connectivity index (χ0) is 14.8. The summed E-state index contributed by atoms with van der Waals surface area (Å²) in [5, 5.41) is 0. The number of likely N-dealkylation sites (N-methyl/N-ethyl adjacent to an activating group) is 1. The van der Waals surface area contributed by atoms with Gasteiger partial charge in [-0.25, -0.2) is 0 Å². The molecule has 1 aliphatic heterocycles. The van der Waals surface area contributed by atoms with Crippen LogP contribution in [0.2, 0.25) is 0 Å². The predicted octanol–water partition coefficient (Wildman–Crippen LogP) is 0.533. The van der Waals surface area contributed by atoms with Crippen LogP contribution in [-0.4, -0.2) is 55.8 Å². The Bertz CT molecular complexity index is 553. The van der Waals surface area contributed by atoms with Crippen LogP contribution in [-0.2, 0) is 10.2 Å². The van der Waals surface area contributed by atoms with Gasteiger partial charge in [-0.05, 0) is 33.0 Å². The fraction of sp³-hybridized carbons (Fsp3) is 0.615. The molecular weight excluding hydrogens is 276 g/mol. The van der Waals surface area contributed by atoms with Gasteiger partial charge in [0.15, 0.2) is 0 Å². The monoisotopic (exact) mass is 298 g/mol. The maximum atomic E-state index is 12.3. The molecule has 0 bridgehead atoms. The average Bonchev–Trinajstić information content (AvgIpc) is 2.38. The van der Waals surface area contributed by atoms with E-state index in [1.54, 1.807) is 0 Å². The highest BCUT2D eigenvalue weighted by Crippen LogP contribution is 2.13. The molecular formula is C13H22N4O2S. The summed E-state index contributed by atoms with van der Waals surface area (Å²) in [4.78, 5) is 6.48. The van der Waals surface area contributed by atoms with Crippen LogP contribution < -0.4 is 4.72 Å². The van der Waals surface area contributed by atoms with E-state index in [1.807, 2.05) is 39.1 Å². The SMILES string of the molecule is Cc1cccc([C@@H](C)NS(=O)(=O)N2CCN(C)CC2)n1. The number of hydrogen-bond acceptors (Lipinski definition) is 4. The summed E-state index contributed by atoms with van der Waals surface area (Å²) in [6.07, 6.45) is 0. The van der Waals surface area contributed by atoms with E-state index in [1.165, 1.54) is 4.31 Å². The van der Waals surface area contributed by atoms with Gasteiger partial charge in [-0.2, -0.15) is 17.4 Å². The average molecular weight is 298 g/mol. The highest BCUT2D eigenvalue weighted by molar-refractivity contribution is 7.87. The van der Waals surface area contributed by atoms with E-state index in [9.17, 15) is 8.42 Å². The second kappa shape index (κ2) is 6.17. The number of aromatic nitrogens is 1. The van der Waals surface area contributed by atoms with E-state index >= 15 is 0 Å². The first-order valence-corrected chi connectivity index (χ1v) is 8.22. The summed E-state index contributed by atoms with van der Waals surface area (Å²) in [5.74, 6) is 0. The Balaban J connectivity index is 2.04. The normalized spacial score (nSPS) is 19.9. The number of hydrogen-bond donors (Lipinski definition) is 1. The summed E-state index contributed by atoms with van der Waals surface area (Å²) in [6.45, 7) is 6.29. The summed E-state index contributed by atoms with van der Waals surface area (Å²) in [7, 11) is -1.45. The number of pyridine rings is 1. The molecule has 0 unspecified atom stereocenters. The molecule has 7 heteroatoms. The van der Waals surface area contributed by atoms with Gasteiger partial charge in [0.1, 0.15) is 0 Å². The Hall–Kier alpha value is -1.02. The Morgan fingerprint density at radius 2 is 1.90 bits per heavy atom. The van der Waals surface area contributed by atoms with E-state index in [-0.39, 0.29) is 6.04 Å². The molecule has 0 radical (unpaired) electrons. The van der Waals surface area contributed by atoms with Crippen molar-refractivity contribution < 1.29 is 8.42 Å². The lowest BCUT2D eigenvalue weighted by Gasteiger charge is -2.32. The van der Waals surface area contributed by atoms with Crippen LogP contribution in [0.25, 0.3) is 0 Å². The molecule has 1 aromatic rings. The van der Waals surface area contributed by atoms with Crippen LogP contribution in [0.3, 0.4) is 0 Å². The van der Waals surface area contributed by atoms with Crippen molar-refractivity contribution in [3.63, 3.8) is 0 Å². The third-order valence-corrected chi connectivity index (χ3v) is 5.18. The van der Waals surface area contributed by atoms with Crippen LogP contribution in [0, 0.1) is 6.92 Å². The van der Waals surface area contributed by atoms with Gasteiger partial charge in [-0.1, -0.05) is 6.07 Å². The van der Waals surface area contributed by atoms with Gasteiger partial charge in [0.2, 0.25) is 0 Å². The summed E-state index contributed by atoms with van der Waals surface area (Å²) in [6, 6.07) is 5.28. The molecule has 112 valence electrons. The van der Waals surface area contributed by atoms with Gasteiger partial charge < -0.3 is 4.90 Å². The lowest BCUT2D eigenvalue weighted by atomic mass is 10.2. The minimum Gasteiger partial charge on any atom is -0.304 e. The molecule has 1 N–H and O–H groups in total. The van der Waals surface area contributed by atoms with Crippen molar-refractivity contribution in [2.75, 3.05) is 33.2 Å². The van der Waals surface area contributed by atoms with Crippen molar-refractivity contribution in [3.8, 4) is 0 Å². The summed E-state index contributed by atoms with van der Waals surface area (Å²) in [5.41, 5.74) is 1.62. The number of rotatable bonds is 4. The van der Waals surface area contributed by atoms with Gasteiger partial charge in [0.25, 0.3) is 10.2 Å². The Morgan fingerprint density at radius 3 is 2.50 bits per heavy atom. The van der Waals surface area contributed by atoms with Crippen LogP contribution in [0.5, 0.6) is 0 Å². The van der Waals surface area contributed by atoms with Gasteiger partial charge in [0.05, 0.1) is 11.7 Å². The first-order chi connectivity index (χ1) is 9.38. The zero-order valence-corrected chi connectivity index (χ0v) is 13.0. The highest BCUT2D eigenvalue weighted by Gasteiger charge is 2.27. The largest absolute Gasteiger partial charge is 0.304 e. The molecule has 1 aromatic heterocycles. The number of nitrogens with zero attached hydrogens (tertiary/aromatic N) is 3. The summed E-state index contributed by atoms with van der Waals surface area (Å²) >= 11 is 0. The zero-order valence-electron chi connectivity index (χ0n) is 12.2. The smallest absolute Gasteiger partial charge is 0.280 e. The third-order valence-electron chi connectivity index (χ3n) is 3.48. The Labute approximate surface area is 121 Å². The number of piperazine rings is 1. The molecule has 1 atom stereocenters. The maximum absolute atomic E-state index is 12.3. The standard InChI is InChI=1S/C13H22N4O2S/c1-11-5-4-6-13(14-11)12(2)15-20(18,19)17-9-7-16(3)8-10-17/h4-6,12,15H,7-10H2,1-3H3/t12-/m1/s1. The molecule has 2 rings (SSSR count). The predicted molar refractivity (Wildman–Crippen MR) is 78.5 cm³/mol. The minimum absolute atomic E-state index is 0.334. The molecule has 0 saturated carbocycles. The van der Waals surface area contributed by atoms with Crippen LogP contribution in [0.1, 0.15) is 24.4 Å². The first-order valence-electron chi connectivity index (χ1n) is 6.78. The van der Waals surface area contributed by atoms with Crippen molar-refractivity contribution in [1.82, 2.24) is 18.9 Å². The second-order valence-electron chi connectivity index (χ2n) is 5.25. The Kier molecular flexibility index (Phi) is 4.74. The molecule has 1 aliphatic rings. The molecule has 2 heterocycles. The molecule has 20 heavy (non-hydrogen) atoms. The maximum Gasteiger partial charge on any atom is 0.280 e. The van der Waals surface area contributed by atoms with Crippen molar-refractivity contribution in [1.29, 1.82) is 0 Å². The molecule has 1 saturated heterocycles. The van der Waals surface area contributed by atoms with E-state index in [4.69, 9.17) is 0 Å². The third kappa shape index (κ3) is 3.76. The number of aryl methyl sites for hydroxylation is 1. The molecule has 6 nitrogen and oxygen atoms in total. The van der Waals surface area contributed by atoms with Crippen LogP contribution in [0.15, 0.2) is 18.2 Å². The quantitative estimate of drug-likeness (QED) is 0.881. The van der Waals surface area contributed by atoms with Crippen molar-refractivity contribution in [3.05, 3.63) is 29.6 Å². The fourth-order valence-corrected chi connectivity index (χ4v) is 3.55. The molecule has 0 amide bonds. The lowest BCUT2D eigenvalue weighted by molar-refractivity contribution is 0.220. The van der Waals surface area contributed by atoms with E-state index in [0.717, 1.165) is 24.5 Å². The van der Waals surface area contributed by atoms with Gasteiger partial charge >= 0.3 is 0 Å². The minimum atomic E-state index is -3.45.